The molecule has 0 aromatic heterocycles. The number of hydrogen-bond acceptors (Lipinski definition) is 11. The maximum absolute atomic E-state index is 13.0. The Morgan fingerprint density at radius 3 is 2.77 bits per heavy atom. The highest BCUT2D eigenvalue weighted by atomic mass is 32.2. The smallest absolute Gasteiger partial charge is 0.387 e. The van der Waals surface area contributed by atoms with E-state index in [9.17, 15) is 19.6 Å². The molecule has 0 amide bonds. The van der Waals surface area contributed by atoms with Crippen LogP contribution in [0.4, 0.5) is 0 Å². The molecule has 0 aromatic carbocycles. The standard InChI is InChI=1S/C17H29N4O7PS/c1-11-19-14(18)6-7-21(11)16-17(3,24)15(23)13(28-16)10-27-29(25,20(4)5)26-8-9-30-12(2)22/h6-7,13,15-16,23-24H,1,8-10H2,2-5H3,(H2,18,19)/t13-,15?,16-,17+,29?/m1/s1. The number of rotatable bonds is 9. The van der Waals surface area contributed by atoms with Crippen LogP contribution in [0.3, 0.4) is 0 Å². The molecule has 30 heavy (non-hydrogen) atoms. The summed E-state index contributed by atoms with van der Waals surface area (Å²) in [6, 6.07) is 0. The summed E-state index contributed by atoms with van der Waals surface area (Å²) in [5.74, 6) is 0.809. The summed E-state index contributed by atoms with van der Waals surface area (Å²) < 4.78 is 30.9. The summed E-state index contributed by atoms with van der Waals surface area (Å²) in [7, 11) is -0.647. The molecular formula is C17H29N4O7PS. The highest BCUT2D eigenvalue weighted by Gasteiger charge is 2.55. The van der Waals surface area contributed by atoms with Crippen LogP contribution in [-0.2, 0) is 23.1 Å². The van der Waals surface area contributed by atoms with Gasteiger partial charge in [-0.05, 0) is 27.1 Å². The van der Waals surface area contributed by atoms with Gasteiger partial charge < -0.3 is 25.6 Å². The van der Waals surface area contributed by atoms with Crippen molar-refractivity contribution in [3.8, 4) is 0 Å². The molecule has 13 heteroatoms. The van der Waals surface area contributed by atoms with E-state index in [1.54, 1.807) is 6.20 Å². The number of nitrogens with two attached hydrogens (primary N) is 1. The highest BCUT2D eigenvalue weighted by molar-refractivity contribution is 8.13. The quantitative estimate of drug-likeness (QED) is 0.323. The predicted molar refractivity (Wildman–Crippen MR) is 113 cm³/mol. The lowest BCUT2D eigenvalue weighted by atomic mass is 9.96. The van der Waals surface area contributed by atoms with Crippen LogP contribution >= 0.6 is 19.5 Å². The van der Waals surface area contributed by atoms with E-state index in [1.165, 1.54) is 43.6 Å². The van der Waals surface area contributed by atoms with E-state index in [0.29, 0.717) is 5.75 Å². The van der Waals surface area contributed by atoms with Gasteiger partial charge in [-0.15, -0.1) is 0 Å². The maximum Gasteiger partial charge on any atom is 0.407 e. The zero-order valence-corrected chi connectivity index (χ0v) is 19.1. The number of ether oxygens (including phenoxy) is 1. The van der Waals surface area contributed by atoms with Crippen LogP contribution in [0.1, 0.15) is 13.8 Å². The molecule has 2 aliphatic rings. The molecule has 1 saturated heterocycles. The fourth-order valence-electron chi connectivity index (χ4n) is 2.85. The van der Waals surface area contributed by atoms with E-state index in [2.05, 4.69) is 11.6 Å². The molecule has 2 unspecified atom stereocenters. The van der Waals surface area contributed by atoms with E-state index in [0.717, 1.165) is 11.8 Å². The van der Waals surface area contributed by atoms with Gasteiger partial charge in [-0.2, -0.15) is 0 Å². The fourth-order valence-corrected chi connectivity index (χ4v) is 4.62. The minimum absolute atomic E-state index is 0.0337. The van der Waals surface area contributed by atoms with E-state index in [4.69, 9.17) is 19.5 Å². The third-order valence-electron chi connectivity index (χ3n) is 4.50. The summed E-state index contributed by atoms with van der Waals surface area (Å²) in [5, 5.41) is 21.3. The largest absolute Gasteiger partial charge is 0.407 e. The second-order valence-electron chi connectivity index (χ2n) is 7.16. The molecule has 0 saturated carbocycles. The normalized spacial score (nSPS) is 31.2. The number of thioether (sulfide) groups is 1. The number of aliphatic hydroxyl groups excluding tert-OH is 1. The average Bonchev–Trinajstić information content (AvgIpc) is 2.87. The van der Waals surface area contributed by atoms with Crippen molar-refractivity contribution < 1.29 is 33.4 Å². The number of aliphatic imine (C=N–C) groups is 1. The molecule has 11 nitrogen and oxygen atoms in total. The first-order valence-corrected chi connectivity index (χ1v) is 11.6. The number of nitrogens with zero attached hydrogens (tertiary/aromatic N) is 3. The molecule has 0 bridgehead atoms. The predicted octanol–water partition coefficient (Wildman–Crippen LogP) is 0.464. The van der Waals surface area contributed by atoms with Crippen molar-refractivity contribution in [2.24, 2.45) is 10.7 Å². The van der Waals surface area contributed by atoms with Crippen molar-refractivity contribution in [3.05, 3.63) is 24.7 Å². The second kappa shape index (κ2) is 9.92. The van der Waals surface area contributed by atoms with Crippen LogP contribution in [0.2, 0.25) is 0 Å². The molecule has 2 rings (SSSR count). The summed E-state index contributed by atoms with van der Waals surface area (Å²) in [6.45, 7) is 6.34. The van der Waals surface area contributed by atoms with E-state index in [-0.39, 0.29) is 30.0 Å². The monoisotopic (exact) mass is 464 g/mol. The first kappa shape index (κ1) is 25.0. The zero-order chi connectivity index (χ0) is 22.7. The molecule has 4 N–H and O–H groups in total. The van der Waals surface area contributed by atoms with Gasteiger partial charge in [0.2, 0.25) is 0 Å². The van der Waals surface area contributed by atoms with Crippen LogP contribution in [0.15, 0.2) is 29.7 Å². The van der Waals surface area contributed by atoms with Crippen LogP contribution in [0, 0.1) is 0 Å². The van der Waals surface area contributed by atoms with Crippen molar-refractivity contribution in [2.45, 2.75) is 37.9 Å². The Kier molecular flexibility index (Phi) is 8.28. The molecule has 2 aliphatic heterocycles. The van der Waals surface area contributed by atoms with E-state index < -0.39 is 31.8 Å². The minimum Gasteiger partial charge on any atom is -0.387 e. The van der Waals surface area contributed by atoms with Gasteiger partial charge >= 0.3 is 7.75 Å². The maximum atomic E-state index is 13.0. The molecule has 5 atom stereocenters. The van der Waals surface area contributed by atoms with Gasteiger partial charge in [0.1, 0.15) is 29.5 Å². The Balaban J connectivity index is 2.03. The lowest BCUT2D eigenvalue weighted by molar-refractivity contribution is -0.110. The molecule has 0 spiro atoms. The van der Waals surface area contributed by atoms with Gasteiger partial charge in [0.25, 0.3) is 0 Å². The Labute approximate surface area is 180 Å². The van der Waals surface area contributed by atoms with Crippen molar-refractivity contribution in [1.29, 1.82) is 0 Å². The Hall–Kier alpha value is -1.24. The SMILES string of the molecule is C=C1N=C(N)C=CN1[C@@H]1O[C@H](COP(=O)(OCCSC(C)=O)N(C)C)C(O)[C@]1(C)O. The molecule has 0 aromatic rings. The first-order valence-electron chi connectivity index (χ1n) is 9.14. The van der Waals surface area contributed by atoms with Crippen LogP contribution in [0.25, 0.3) is 0 Å². The first-order chi connectivity index (χ1) is 13.9. The lowest BCUT2D eigenvalue weighted by Gasteiger charge is -2.35. The van der Waals surface area contributed by atoms with E-state index >= 15 is 0 Å². The number of carbonyl (C=O) groups is 1. The van der Waals surface area contributed by atoms with Crippen molar-refractivity contribution in [3.63, 3.8) is 0 Å². The van der Waals surface area contributed by atoms with Crippen molar-refractivity contribution in [1.82, 2.24) is 9.57 Å². The average molecular weight is 464 g/mol. The van der Waals surface area contributed by atoms with E-state index in [1.807, 2.05) is 0 Å². The Bertz CT molecular complexity index is 773. The summed E-state index contributed by atoms with van der Waals surface area (Å²) in [6.07, 6.45) is -0.320. The van der Waals surface area contributed by atoms with Gasteiger partial charge in [0, 0.05) is 18.9 Å². The van der Waals surface area contributed by atoms with Crippen LogP contribution < -0.4 is 5.73 Å². The lowest BCUT2D eigenvalue weighted by Crippen LogP contribution is -2.51. The molecule has 2 heterocycles. The van der Waals surface area contributed by atoms with Crippen molar-refractivity contribution >= 4 is 30.5 Å². The van der Waals surface area contributed by atoms with Crippen LogP contribution in [-0.4, -0.2) is 87.8 Å². The second-order valence-corrected chi connectivity index (χ2v) is 10.7. The number of hydrogen-bond donors (Lipinski definition) is 3. The third-order valence-corrected chi connectivity index (χ3v) is 7.25. The molecule has 170 valence electrons. The topological polar surface area (TPSA) is 147 Å². The Morgan fingerprint density at radius 1 is 1.53 bits per heavy atom. The molecule has 1 fully saturated rings. The highest BCUT2D eigenvalue weighted by Crippen LogP contribution is 2.51. The molecule has 0 radical (unpaired) electrons. The minimum atomic E-state index is -3.69. The van der Waals surface area contributed by atoms with Gasteiger partial charge in [0.15, 0.2) is 11.3 Å². The van der Waals surface area contributed by atoms with Gasteiger partial charge in [-0.1, -0.05) is 18.3 Å². The zero-order valence-electron chi connectivity index (χ0n) is 17.4. The molecule has 0 aliphatic carbocycles. The number of carbonyl (C=O) groups excluding carboxylic acids is 1. The molecular weight excluding hydrogens is 435 g/mol. The summed E-state index contributed by atoms with van der Waals surface area (Å²) >= 11 is 1.05. The third kappa shape index (κ3) is 5.71. The summed E-state index contributed by atoms with van der Waals surface area (Å²) in [5.41, 5.74) is 3.93. The van der Waals surface area contributed by atoms with Gasteiger partial charge in [-0.3, -0.25) is 13.8 Å². The summed E-state index contributed by atoms with van der Waals surface area (Å²) in [4.78, 5) is 16.5. The van der Waals surface area contributed by atoms with Gasteiger partial charge in [0.05, 0.1) is 13.2 Å². The fraction of sp³-hybridized carbons (Fsp3) is 0.647. The Morgan fingerprint density at radius 2 is 2.20 bits per heavy atom. The number of amidine groups is 1. The van der Waals surface area contributed by atoms with Crippen LogP contribution in [0.5, 0.6) is 0 Å². The van der Waals surface area contributed by atoms with Crippen molar-refractivity contribution in [2.75, 3.05) is 33.1 Å². The number of aliphatic hydroxyl groups is 2. The van der Waals surface area contributed by atoms with Gasteiger partial charge in [-0.25, -0.2) is 14.2 Å².